The van der Waals surface area contributed by atoms with E-state index in [9.17, 15) is 9.59 Å². The van der Waals surface area contributed by atoms with E-state index in [2.05, 4.69) is 27.5 Å². The summed E-state index contributed by atoms with van der Waals surface area (Å²) in [6, 6.07) is 10.3. The van der Waals surface area contributed by atoms with Gasteiger partial charge in [-0.15, -0.1) is 0 Å². The number of carbonyl (C=O) groups is 2. The van der Waals surface area contributed by atoms with Gasteiger partial charge in [0.2, 0.25) is 5.91 Å². The van der Waals surface area contributed by atoms with Crippen LogP contribution in [0.4, 0.5) is 0 Å². The molecule has 2 aliphatic rings. The molecule has 0 aliphatic carbocycles. The molecule has 1 unspecified atom stereocenters. The van der Waals surface area contributed by atoms with Crippen molar-refractivity contribution in [3.05, 3.63) is 35.9 Å². The van der Waals surface area contributed by atoms with Gasteiger partial charge in [-0.25, -0.2) is 5.01 Å². The van der Waals surface area contributed by atoms with E-state index in [4.69, 9.17) is 4.74 Å². The summed E-state index contributed by atoms with van der Waals surface area (Å²) >= 11 is 0. The Bertz CT molecular complexity index is 641. The number of nitrogens with one attached hydrogen (secondary N) is 1. The molecule has 0 radical (unpaired) electrons. The summed E-state index contributed by atoms with van der Waals surface area (Å²) in [4.78, 5) is 26.3. The average Bonchev–Trinajstić information content (AvgIpc) is 2.66. The summed E-state index contributed by atoms with van der Waals surface area (Å²) in [6.07, 6.45) is 0.719. The molecule has 1 fully saturated rings. The molecule has 2 heterocycles. The van der Waals surface area contributed by atoms with Gasteiger partial charge in [0.25, 0.3) is 5.91 Å². The number of hydrogen-bond donors (Lipinski definition) is 1. The Hall–Kier alpha value is -2.25. The van der Waals surface area contributed by atoms with Crippen molar-refractivity contribution >= 4 is 17.5 Å². The molecule has 1 saturated heterocycles. The van der Waals surface area contributed by atoms with Gasteiger partial charge in [-0.3, -0.25) is 14.5 Å². The van der Waals surface area contributed by atoms with Gasteiger partial charge in [0.05, 0.1) is 19.3 Å². The molecular formula is C18H24N4O3. The highest BCUT2D eigenvalue weighted by Crippen LogP contribution is 2.21. The van der Waals surface area contributed by atoms with Crippen molar-refractivity contribution in [1.29, 1.82) is 0 Å². The summed E-state index contributed by atoms with van der Waals surface area (Å²) in [5, 5.41) is 8.32. The van der Waals surface area contributed by atoms with E-state index < -0.39 is 0 Å². The fraction of sp³-hybridized carbons (Fsp3) is 0.500. The number of hydrazone groups is 1. The number of benzene rings is 1. The number of nitrogens with zero attached hydrogens (tertiary/aromatic N) is 3. The molecular weight excluding hydrogens is 320 g/mol. The standard InChI is InChI=1S/C18H24N4O3/c1-21-17(23)8-7-15(20-21)18(24)19-13-16(14-5-3-2-4-6-14)22-9-11-25-12-10-22/h2-6,16H,7-13H2,1H3,(H,19,24). The first-order valence-electron chi connectivity index (χ1n) is 8.64. The van der Waals surface area contributed by atoms with Crippen molar-refractivity contribution in [2.75, 3.05) is 39.9 Å². The lowest BCUT2D eigenvalue weighted by atomic mass is 10.0. The molecule has 0 bridgehead atoms. The highest BCUT2D eigenvalue weighted by molar-refractivity contribution is 6.39. The molecule has 0 aromatic heterocycles. The molecule has 2 amide bonds. The quantitative estimate of drug-likeness (QED) is 0.857. The van der Waals surface area contributed by atoms with Gasteiger partial charge < -0.3 is 10.1 Å². The van der Waals surface area contributed by atoms with Crippen LogP contribution >= 0.6 is 0 Å². The van der Waals surface area contributed by atoms with Crippen LogP contribution in [0.15, 0.2) is 35.4 Å². The van der Waals surface area contributed by atoms with Crippen LogP contribution < -0.4 is 5.32 Å². The van der Waals surface area contributed by atoms with E-state index in [1.807, 2.05) is 18.2 Å². The zero-order valence-electron chi connectivity index (χ0n) is 14.5. The Morgan fingerprint density at radius 2 is 1.96 bits per heavy atom. The second kappa shape index (κ2) is 8.22. The van der Waals surface area contributed by atoms with E-state index in [1.54, 1.807) is 7.05 Å². The second-order valence-electron chi connectivity index (χ2n) is 6.25. The number of hydrogen-bond acceptors (Lipinski definition) is 5. The Kier molecular flexibility index (Phi) is 5.78. The molecule has 134 valence electrons. The van der Waals surface area contributed by atoms with Crippen LogP contribution in [-0.4, -0.2) is 67.3 Å². The summed E-state index contributed by atoms with van der Waals surface area (Å²) < 4.78 is 5.44. The Morgan fingerprint density at radius 3 is 2.64 bits per heavy atom. The fourth-order valence-corrected chi connectivity index (χ4v) is 3.15. The van der Waals surface area contributed by atoms with Gasteiger partial charge in [0.1, 0.15) is 5.71 Å². The topological polar surface area (TPSA) is 74.2 Å². The smallest absolute Gasteiger partial charge is 0.267 e. The molecule has 0 saturated carbocycles. The van der Waals surface area contributed by atoms with Gasteiger partial charge in [-0.2, -0.15) is 5.10 Å². The number of amides is 2. The molecule has 1 aromatic rings. The number of rotatable bonds is 5. The van der Waals surface area contributed by atoms with Crippen LogP contribution in [0.2, 0.25) is 0 Å². The molecule has 3 rings (SSSR count). The maximum absolute atomic E-state index is 12.4. The Morgan fingerprint density at radius 1 is 1.24 bits per heavy atom. The predicted molar refractivity (Wildman–Crippen MR) is 94.0 cm³/mol. The number of morpholine rings is 1. The first-order chi connectivity index (χ1) is 12.1. The van der Waals surface area contributed by atoms with Gasteiger partial charge >= 0.3 is 0 Å². The highest BCUT2D eigenvalue weighted by Gasteiger charge is 2.25. The van der Waals surface area contributed by atoms with Crippen LogP contribution in [0.3, 0.4) is 0 Å². The van der Waals surface area contributed by atoms with Crippen LogP contribution in [0.25, 0.3) is 0 Å². The zero-order valence-corrected chi connectivity index (χ0v) is 14.5. The third kappa shape index (κ3) is 4.43. The predicted octanol–water partition coefficient (Wildman–Crippen LogP) is 0.784. The lowest BCUT2D eigenvalue weighted by Gasteiger charge is -2.35. The summed E-state index contributed by atoms with van der Waals surface area (Å²) in [7, 11) is 1.58. The van der Waals surface area contributed by atoms with E-state index in [0.717, 1.165) is 13.1 Å². The van der Waals surface area contributed by atoms with Crippen LogP contribution in [0, 0.1) is 0 Å². The van der Waals surface area contributed by atoms with Gasteiger partial charge in [-0.05, 0) is 5.56 Å². The maximum Gasteiger partial charge on any atom is 0.267 e. The minimum Gasteiger partial charge on any atom is -0.379 e. The lowest BCUT2D eigenvalue weighted by molar-refractivity contribution is -0.130. The van der Waals surface area contributed by atoms with Crippen molar-refractivity contribution < 1.29 is 14.3 Å². The van der Waals surface area contributed by atoms with Gasteiger partial charge in [-0.1, -0.05) is 30.3 Å². The molecule has 7 heteroatoms. The molecule has 1 aromatic carbocycles. The van der Waals surface area contributed by atoms with E-state index in [1.165, 1.54) is 10.6 Å². The van der Waals surface area contributed by atoms with Gasteiger partial charge in [0, 0.05) is 39.5 Å². The summed E-state index contributed by atoms with van der Waals surface area (Å²) in [5.74, 6) is -0.263. The Balaban J connectivity index is 1.67. The second-order valence-corrected chi connectivity index (χ2v) is 6.25. The van der Waals surface area contributed by atoms with Crippen molar-refractivity contribution in [3.63, 3.8) is 0 Å². The third-order valence-corrected chi connectivity index (χ3v) is 4.60. The first kappa shape index (κ1) is 17.6. The molecule has 0 spiro atoms. The summed E-state index contributed by atoms with van der Waals surface area (Å²) in [5.41, 5.74) is 1.58. The maximum atomic E-state index is 12.4. The molecule has 2 aliphatic heterocycles. The number of carbonyl (C=O) groups excluding carboxylic acids is 2. The van der Waals surface area contributed by atoms with Crippen molar-refractivity contribution in [2.45, 2.75) is 18.9 Å². The highest BCUT2D eigenvalue weighted by atomic mass is 16.5. The summed E-state index contributed by atoms with van der Waals surface area (Å²) in [6.45, 7) is 3.59. The van der Waals surface area contributed by atoms with E-state index in [-0.39, 0.29) is 17.9 Å². The minimum atomic E-state index is -0.200. The molecule has 25 heavy (non-hydrogen) atoms. The fourth-order valence-electron chi connectivity index (χ4n) is 3.15. The molecule has 7 nitrogen and oxygen atoms in total. The third-order valence-electron chi connectivity index (χ3n) is 4.60. The average molecular weight is 344 g/mol. The SMILES string of the molecule is CN1N=C(C(=O)NCC(c2ccccc2)N2CCOCC2)CCC1=O. The van der Waals surface area contributed by atoms with Crippen molar-refractivity contribution in [3.8, 4) is 0 Å². The van der Waals surface area contributed by atoms with E-state index >= 15 is 0 Å². The van der Waals surface area contributed by atoms with Crippen LogP contribution in [0.5, 0.6) is 0 Å². The van der Waals surface area contributed by atoms with Crippen LogP contribution in [0.1, 0.15) is 24.4 Å². The largest absolute Gasteiger partial charge is 0.379 e. The molecule has 1 N–H and O–H groups in total. The van der Waals surface area contributed by atoms with Gasteiger partial charge in [0.15, 0.2) is 0 Å². The zero-order chi connectivity index (χ0) is 17.6. The first-order valence-corrected chi connectivity index (χ1v) is 8.64. The normalized spacial score (nSPS) is 20.1. The van der Waals surface area contributed by atoms with Crippen molar-refractivity contribution in [2.24, 2.45) is 5.10 Å². The van der Waals surface area contributed by atoms with Crippen molar-refractivity contribution in [1.82, 2.24) is 15.2 Å². The Labute approximate surface area is 147 Å². The number of ether oxygens (including phenoxy) is 1. The monoisotopic (exact) mass is 344 g/mol. The van der Waals surface area contributed by atoms with E-state index in [0.29, 0.717) is 38.3 Å². The lowest BCUT2D eigenvalue weighted by Crippen LogP contribution is -2.45. The molecule has 1 atom stereocenters. The minimum absolute atomic E-state index is 0.0629. The van der Waals surface area contributed by atoms with Crippen LogP contribution in [-0.2, 0) is 14.3 Å².